The molecule has 1 aromatic heterocycles. The Morgan fingerprint density at radius 2 is 2.24 bits per heavy atom. The molecule has 88 valence electrons. The van der Waals surface area contributed by atoms with Gasteiger partial charge in [0.2, 0.25) is 0 Å². The molecule has 1 N–H and O–H groups in total. The van der Waals surface area contributed by atoms with E-state index < -0.39 is 0 Å². The van der Waals surface area contributed by atoms with Crippen molar-refractivity contribution in [2.24, 2.45) is 0 Å². The van der Waals surface area contributed by atoms with E-state index in [9.17, 15) is 0 Å². The van der Waals surface area contributed by atoms with Gasteiger partial charge in [0.15, 0.2) is 0 Å². The second-order valence-corrected chi connectivity index (χ2v) is 4.25. The van der Waals surface area contributed by atoms with Crippen LogP contribution < -0.4 is 10.1 Å². The van der Waals surface area contributed by atoms with E-state index in [4.69, 9.17) is 9.26 Å². The normalized spacial score (nSPS) is 13.7. The number of aromatic nitrogens is 1. The fourth-order valence-corrected chi connectivity index (χ4v) is 1.97. The molecule has 2 heterocycles. The van der Waals surface area contributed by atoms with Crippen LogP contribution in [0.15, 0.2) is 29.0 Å². The van der Waals surface area contributed by atoms with Crippen molar-refractivity contribution in [2.45, 2.75) is 26.6 Å². The first-order chi connectivity index (χ1) is 8.33. The Morgan fingerprint density at radius 1 is 1.35 bits per heavy atom. The minimum Gasteiger partial charge on any atom is -0.489 e. The van der Waals surface area contributed by atoms with Crippen LogP contribution in [0.4, 0.5) is 0 Å². The van der Waals surface area contributed by atoms with Gasteiger partial charge in [-0.1, -0.05) is 11.2 Å². The number of aryl methyl sites for hydroxylation is 1. The first-order valence-electron chi connectivity index (χ1n) is 5.68. The zero-order valence-corrected chi connectivity index (χ0v) is 9.69. The lowest BCUT2D eigenvalue weighted by Gasteiger charge is -2.06. The van der Waals surface area contributed by atoms with Gasteiger partial charge in [-0.15, -0.1) is 0 Å². The smallest absolute Gasteiger partial charge is 0.130 e. The SMILES string of the molecule is Cc1nocc1COc1ccc2c(c1)CNC2. The average Bonchev–Trinajstić information content (AvgIpc) is 2.94. The van der Waals surface area contributed by atoms with Crippen LogP contribution in [0, 0.1) is 6.92 Å². The monoisotopic (exact) mass is 230 g/mol. The highest BCUT2D eigenvalue weighted by Crippen LogP contribution is 2.22. The van der Waals surface area contributed by atoms with E-state index in [0.29, 0.717) is 6.61 Å². The van der Waals surface area contributed by atoms with Crippen molar-refractivity contribution in [2.75, 3.05) is 0 Å². The first-order valence-corrected chi connectivity index (χ1v) is 5.68. The summed E-state index contributed by atoms with van der Waals surface area (Å²) in [5.74, 6) is 0.896. The molecule has 0 aliphatic carbocycles. The molecule has 0 bridgehead atoms. The Hall–Kier alpha value is -1.81. The van der Waals surface area contributed by atoms with Crippen molar-refractivity contribution >= 4 is 0 Å². The lowest BCUT2D eigenvalue weighted by molar-refractivity contribution is 0.303. The van der Waals surface area contributed by atoms with Crippen molar-refractivity contribution in [3.05, 3.63) is 46.8 Å². The largest absolute Gasteiger partial charge is 0.489 e. The van der Waals surface area contributed by atoms with Gasteiger partial charge in [-0.25, -0.2) is 0 Å². The van der Waals surface area contributed by atoms with E-state index in [1.165, 1.54) is 11.1 Å². The fourth-order valence-electron chi connectivity index (χ4n) is 1.97. The van der Waals surface area contributed by atoms with Crippen LogP contribution in [0.3, 0.4) is 0 Å². The zero-order valence-electron chi connectivity index (χ0n) is 9.69. The van der Waals surface area contributed by atoms with E-state index >= 15 is 0 Å². The van der Waals surface area contributed by atoms with Gasteiger partial charge in [0.05, 0.1) is 11.3 Å². The van der Waals surface area contributed by atoms with Gasteiger partial charge >= 0.3 is 0 Å². The van der Waals surface area contributed by atoms with E-state index in [-0.39, 0.29) is 0 Å². The summed E-state index contributed by atoms with van der Waals surface area (Å²) in [6, 6.07) is 6.22. The topological polar surface area (TPSA) is 47.3 Å². The highest BCUT2D eigenvalue weighted by atomic mass is 16.5. The van der Waals surface area contributed by atoms with Crippen molar-refractivity contribution < 1.29 is 9.26 Å². The Labute approximate surface area is 99.6 Å². The maximum absolute atomic E-state index is 5.73. The molecule has 0 atom stereocenters. The van der Waals surface area contributed by atoms with Gasteiger partial charge in [0.25, 0.3) is 0 Å². The molecule has 4 heteroatoms. The van der Waals surface area contributed by atoms with Crippen molar-refractivity contribution in [3.63, 3.8) is 0 Å². The van der Waals surface area contributed by atoms with Crippen LogP contribution >= 0.6 is 0 Å². The molecule has 1 aromatic carbocycles. The van der Waals surface area contributed by atoms with Crippen LogP contribution in [0.5, 0.6) is 5.75 Å². The van der Waals surface area contributed by atoms with E-state index in [1.807, 2.05) is 13.0 Å². The minimum atomic E-state index is 0.502. The Balaban J connectivity index is 1.72. The molecule has 17 heavy (non-hydrogen) atoms. The van der Waals surface area contributed by atoms with Gasteiger partial charge in [0, 0.05) is 13.1 Å². The molecule has 0 spiro atoms. The number of nitrogens with zero attached hydrogens (tertiary/aromatic N) is 1. The van der Waals surface area contributed by atoms with Crippen LogP contribution in [-0.4, -0.2) is 5.16 Å². The molecule has 1 aliphatic rings. The van der Waals surface area contributed by atoms with E-state index in [0.717, 1.165) is 30.1 Å². The molecule has 0 saturated carbocycles. The third-order valence-corrected chi connectivity index (χ3v) is 3.05. The van der Waals surface area contributed by atoms with Gasteiger partial charge in [0.1, 0.15) is 18.6 Å². The predicted octanol–water partition coefficient (Wildman–Crippen LogP) is 2.17. The molecular weight excluding hydrogens is 216 g/mol. The molecule has 0 amide bonds. The number of hydrogen-bond acceptors (Lipinski definition) is 4. The van der Waals surface area contributed by atoms with Gasteiger partial charge in [-0.3, -0.25) is 0 Å². The molecular formula is C13H14N2O2. The summed E-state index contributed by atoms with van der Waals surface area (Å²) in [5.41, 5.74) is 4.56. The molecule has 1 aliphatic heterocycles. The second-order valence-electron chi connectivity index (χ2n) is 4.25. The number of nitrogens with one attached hydrogen (secondary N) is 1. The van der Waals surface area contributed by atoms with Crippen molar-refractivity contribution in [1.82, 2.24) is 10.5 Å². The third kappa shape index (κ3) is 2.03. The lowest BCUT2D eigenvalue weighted by atomic mass is 10.1. The van der Waals surface area contributed by atoms with Crippen LogP contribution in [0.1, 0.15) is 22.4 Å². The third-order valence-electron chi connectivity index (χ3n) is 3.05. The Kier molecular flexibility index (Phi) is 2.57. The summed E-state index contributed by atoms with van der Waals surface area (Å²) in [7, 11) is 0. The van der Waals surface area contributed by atoms with Gasteiger partial charge in [-0.2, -0.15) is 0 Å². The first kappa shape index (κ1) is 10.4. The molecule has 0 saturated heterocycles. The van der Waals surface area contributed by atoms with Crippen molar-refractivity contribution in [1.29, 1.82) is 0 Å². The predicted molar refractivity (Wildman–Crippen MR) is 62.6 cm³/mol. The summed E-state index contributed by atoms with van der Waals surface area (Å²) < 4.78 is 10.6. The quantitative estimate of drug-likeness (QED) is 0.877. The highest BCUT2D eigenvalue weighted by Gasteiger charge is 2.11. The number of rotatable bonds is 3. The van der Waals surface area contributed by atoms with Gasteiger partial charge in [-0.05, 0) is 30.2 Å². The molecule has 3 rings (SSSR count). The Morgan fingerprint density at radius 3 is 3.06 bits per heavy atom. The molecule has 2 aromatic rings. The number of hydrogen-bond donors (Lipinski definition) is 1. The summed E-state index contributed by atoms with van der Waals surface area (Å²) in [4.78, 5) is 0. The Bertz CT molecular complexity index is 534. The van der Waals surface area contributed by atoms with Crippen LogP contribution in [0.2, 0.25) is 0 Å². The molecule has 0 radical (unpaired) electrons. The fraction of sp³-hybridized carbons (Fsp3) is 0.308. The van der Waals surface area contributed by atoms with Crippen molar-refractivity contribution in [3.8, 4) is 5.75 Å². The standard InChI is InChI=1S/C13H14N2O2/c1-9-12(8-17-15-9)7-16-13-3-2-10-5-14-6-11(10)4-13/h2-4,8,14H,5-7H2,1H3. The maximum Gasteiger partial charge on any atom is 0.130 e. The molecule has 0 fully saturated rings. The lowest BCUT2D eigenvalue weighted by Crippen LogP contribution is -2.00. The second kappa shape index (κ2) is 4.22. The minimum absolute atomic E-state index is 0.502. The zero-order chi connectivity index (χ0) is 11.7. The highest BCUT2D eigenvalue weighted by molar-refractivity contribution is 5.37. The number of fused-ring (bicyclic) bond motifs is 1. The number of ether oxygens (including phenoxy) is 1. The maximum atomic E-state index is 5.73. The van der Waals surface area contributed by atoms with Crippen LogP contribution in [-0.2, 0) is 19.7 Å². The van der Waals surface area contributed by atoms with E-state index in [2.05, 4.69) is 22.6 Å². The van der Waals surface area contributed by atoms with E-state index in [1.54, 1.807) is 6.26 Å². The summed E-state index contributed by atoms with van der Waals surface area (Å²) in [6.07, 6.45) is 1.63. The average molecular weight is 230 g/mol. The number of benzene rings is 1. The summed E-state index contributed by atoms with van der Waals surface area (Å²) >= 11 is 0. The van der Waals surface area contributed by atoms with Crippen LogP contribution in [0.25, 0.3) is 0 Å². The molecule has 4 nitrogen and oxygen atoms in total. The summed E-state index contributed by atoms with van der Waals surface area (Å²) in [5, 5.41) is 7.13. The summed E-state index contributed by atoms with van der Waals surface area (Å²) in [6.45, 7) is 4.30. The van der Waals surface area contributed by atoms with Gasteiger partial charge < -0.3 is 14.6 Å². The molecule has 0 unspecified atom stereocenters.